The van der Waals surface area contributed by atoms with Gasteiger partial charge in [-0.1, -0.05) is 18.2 Å². The van der Waals surface area contributed by atoms with Crippen molar-refractivity contribution in [3.05, 3.63) is 53.1 Å². The van der Waals surface area contributed by atoms with Crippen LogP contribution in [-0.4, -0.2) is 103 Å². The van der Waals surface area contributed by atoms with E-state index in [4.69, 9.17) is 19.3 Å². The highest BCUT2D eigenvalue weighted by Gasteiger charge is 2.64. The molecule has 2 N–H and O–H groups in total. The molecule has 4 fully saturated rings. The zero-order valence-electron chi connectivity index (χ0n) is 25.3. The number of esters is 1. The number of carbonyl (C=O) groups excluding carboxylic acids is 4. The molecule has 1 aromatic carbocycles. The minimum atomic E-state index is -0.791. The molecule has 0 aromatic heterocycles. The predicted molar refractivity (Wildman–Crippen MR) is 159 cm³/mol. The van der Waals surface area contributed by atoms with Crippen LogP contribution < -0.4 is 5.32 Å². The number of nitrogens with one attached hydrogen (secondary N) is 1. The van der Waals surface area contributed by atoms with Crippen LogP contribution in [0.2, 0.25) is 0 Å². The van der Waals surface area contributed by atoms with Crippen molar-refractivity contribution >= 4 is 29.8 Å². The summed E-state index contributed by atoms with van der Waals surface area (Å²) in [7, 11) is 3.30. The zero-order chi connectivity index (χ0) is 31.0. The maximum atomic E-state index is 13.9. The monoisotopic (exact) mass is 607 g/mol. The SMILES string of the molecule is CN(C)C(=O)C=Cc1ccccc1C(=O)OC1CC(C(=O)N2CCCC2C(=O)NCCO)=CC2OC(C3CC3)(C3CC3)OC21. The quantitative estimate of drug-likeness (QED) is 0.305. The van der Waals surface area contributed by atoms with Crippen LogP contribution in [0.1, 0.15) is 60.9 Å². The second-order valence-corrected chi connectivity index (χ2v) is 12.6. The number of hydrogen-bond donors (Lipinski definition) is 2. The number of hydrogen-bond acceptors (Lipinski definition) is 8. The van der Waals surface area contributed by atoms with Crippen molar-refractivity contribution in [1.29, 1.82) is 0 Å². The van der Waals surface area contributed by atoms with Crippen LogP contribution in [0.5, 0.6) is 0 Å². The van der Waals surface area contributed by atoms with Crippen LogP contribution in [0.3, 0.4) is 0 Å². The first-order valence-electron chi connectivity index (χ1n) is 15.7. The van der Waals surface area contributed by atoms with E-state index < -0.39 is 36.1 Å². The molecular formula is C33H41N3O8. The number of benzene rings is 1. The minimum Gasteiger partial charge on any atom is -0.456 e. The van der Waals surface area contributed by atoms with E-state index in [2.05, 4.69) is 5.32 Å². The molecule has 236 valence electrons. The van der Waals surface area contributed by atoms with Crippen LogP contribution in [0.15, 0.2) is 42.0 Å². The molecule has 2 saturated heterocycles. The molecule has 4 unspecified atom stereocenters. The lowest BCUT2D eigenvalue weighted by molar-refractivity contribution is -0.209. The lowest BCUT2D eigenvalue weighted by Crippen LogP contribution is -2.49. The Kier molecular flexibility index (Phi) is 8.63. The highest BCUT2D eigenvalue weighted by atomic mass is 16.8. The van der Waals surface area contributed by atoms with E-state index in [1.165, 1.54) is 11.0 Å². The molecule has 2 heterocycles. The number of aliphatic hydroxyl groups is 1. The van der Waals surface area contributed by atoms with Crippen molar-refractivity contribution in [2.24, 2.45) is 11.8 Å². The van der Waals surface area contributed by atoms with Crippen LogP contribution in [-0.2, 0) is 28.6 Å². The first-order chi connectivity index (χ1) is 21.2. The van der Waals surface area contributed by atoms with E-state index in [0.717, 1.165) is 25.7 Å². The van der Waals surface area contributed by atoms with E-state index >= 15 is 0 Å². The van der Waals surface area contributed by atoms with Crippen LogP contribution in [0.4, 0.5) is 0 Å². The number of likely N-dealkylation sites (N-methyl/N-ethyl adjacent to an activating group) is 1. The Morgan fingerprint density at radius 1 is 1.09 bits per heavy atom. The lowest BCUT2D eigenvalue weighted by atomic mass is 9.91. The summed E-state index contributed by atoms with van der Waals surface area (Å²) in [4.78, 5) is 55.6. The summed E-state index contributed by atoms with van der Waals surface area (Å²) in [5.74, 6) is -1.54. The Hall–Kier alpha value is -3.54. The average Bonchev–Trinajstić information content (AvgIpc) is 3.97. The molecule has 44 heavy (non-hydrogen) atoms. The van der Waals surface area contributed by atoms with E-state index in [-0.39, 0.29) is 49.1 Å². The van der Waals surface area contributed by atoms with Gasteiger partial charge in [0.1, 0.15) is 24.4 Å². The second kappa shape index (κ2) is 12.5. The first kappa shape index (κ1) is 30.5. The van der Waals surface area contributed by atoms with Gasteiger partial charge >= 0.3 is 5.97 Å². The van der Waals surface area contributed by atoms with E-state index in [1.54, 1.807) is 49.3 Å². The Balaban J connectivity index is 1.26. The number of likely N-dealkylation sites (tertiary alicyclic amines) is 1. The summed E-state index contributed by atoms with van der Waals surface area (Å²) >= 11 is 0. The molecule has 11 nitrogen and oxygen atoms in total. The Morgan fingerprint density at radius 2 is 1.82 bits per heavy atom. The van der Waals surface area contributed by atoms with Gasteiger partial charge in [-0.3, -0.25) is 14.4 Å². The smallest absolute Gasteiger partial charge is 0.339 e. The average molecular weight is 608 g/mol. The van der Waals surface area contributed by atoms with Crippen molar-refractivity contribution in [3.8, 4) is 0 Å². The fourth-order valence-corrected chi connectivity index (χ4v) is 6.66. The van der Waals surface area contributed by atoms with Crippen LogP contribution in [0.25, 0.3) is 6.08 Å². The van der Waals surface area contributed by atoms with Gasteiger partial charge in [0.15, 0.2) is 5.79 Å². The van der Waals surface area contributed by atoms with Gasteiger partial charge in [0.25, 0.3) is 0 Å². The molecule has 4 atom stereocenters. The summed E-state index contributed by atoms with van der Waals surface area (Å²) in [6, 6.07) is 6.27. The predicted octanol–water partition coefficient (Wildman–Crippen LogP) is 2.04. The second-order valence-electron chi connectivity index (χ2n) is 12.6. The molecular weight excluding hydrogens is 566 g/mol. The van der Waals surface area contributed by atoms with Gasteiger partial charge in [-0.15, -0.1) is 0 Å². The Labute approximate surface area is 257 Å². The highest BCUT2D eigenvalue weighted by molar-refractivity contribution is 5.99. The fraction of sp³-hybridized carbons (Fsp3) is 0.576. The molecule has 2 saturated carbocycles. The third-order valence-electron chi connectivity index (χ3n) is 9.20. The fourth-order valence-electron chi connectivity index (χ4n) is 6.66. The number of nitrogens with zero attached hydrogens (tertiary/aromatic N) is 2. The molecule has 6 rings (SSSR count). The number of ether oxygens (including phenoxy) is 3. The summed E-state index contributed by atoms with van der Waals surface area (Å²) in [5.41, 5.74) is 1.26. The third-order valence-corrected chi connectivity index (χ3v) is 9.20. The van der Waals surface area contributed by atoms with Crippen molar-refractivity contribution < 1.29 is 38.5 Å². The zero-order valence-corrected chi connectivity index (χ0v) is 25.3. The molecule has 0 bridgehead atoms. The van der Waals surface area contributed by atoms with Crippen molar-refractivity contribution in [1.82, 2.24) is 15.1 Å². The standard InChI is InChI=1S/C33H41N3O8/c1-35(2)28(38)14-9-20-6-3-4-7-24(20)32(41)42-26-18-21(31(40)36-16-5-8-25(36)30(39)34-15-17-37)19-27-29(26)44-33(43-27,22-10-11-22)23-12-13-23/h3-4,6-7,9,14,19,22-23,25-27,29,37H,5,8,10-13,15-18H2,1-2H3,(H,34,39). The lowest BCUT2D eigenvalue weighted by Gasteiger charge is -2.33. The van der Waals surface area contributed by atoms with Crippen molar-refractivity contribution in [3.63, 3.8) is 0 Å². The molecule has 0 radical (unpaired) electrons. The van der Waals surface area contributed by atoms with Gasteiger partial charge in [0, 0.05) is 57.1 Å². The summed E-state index contributed by atoms with van der Waals surface area (Å²) in [6.45, 7) is 0.375. The van der Waals surface area contributed by atoms with Gasteiger partial charge in [0.2, 0.25) is 17.7 Å². The summed E-state index contributed by atoms with van der Waals surface area (Å²) in [6.07, 6.45) is 8.27. The maximum Gasteiger partial charge on any atom is 0.339 e. The van der Waals surface area contributed by atoms with Gasteiger partial charge in [-0.25, -0.2) is 4.79 Å². The molecule has 2 aliphatic heterocycles. The van der Waals surface area contributed by atoms with Gasteiger partial charge < -0.3 is 34.4 Å². The van der Waals surface area contributed by atoms with Crippen LogP contribution in [0, 0.1) is 11.8 Å². The van der Waals surface area contributed by atoms with Crippen molar-refractivity contribution in [2.45, 2.75) is 75.1 Å². The molecule has 1 aromatic rings. The minimum absolute atomic E-state index is 0.122. The number of aliphatic hydroxyl groups excluding tert-OH is 1. The van der Waals surface area contributed by atoms with Crippen LogP contribution >= 0.6 is 0 Å². The molecule has 11 heteroatoms. The topological polar surface area (TPSA) is 135 Å². The third kappa shape index (κ3) is 6.05. The summed E-state index contributed by atoms with van der Waals surface area (Å²) < 4.78 is 19.6. The molecule has 3 amide bonds. The largest absolute Gasteiger partial charge is 0.456 e. The van der Waals surface area contributed by atoms with E-state index in [0.29, 0.717) is 36.1 Å². The maximum absolute atomic E-state index is 13.9. The van der Waals surface area contributed by atoms with E-state index in [1.807, 2.05) is 6.08 Å². The van der Waals surface area contributed by atoms with Crippen molar-refractivity contribution in [2.75, 3.05) is 33.8 Å². The van der Waals surface area contributed by atoms with Gasteiger partial charge in [-0.05, 0) is 62.3 Å². The molecule has 3 aliphatic carbocycles. The Bertz CT molecular complexity index is 1350. The highest BCUT2D eigenvalue weighted by Crippen LogP contribution is 2.59. The van der Waals surface area contributed by atoms with Gasteiger partial charge in [-0.2, -0.15) is 0 Å². The van der Waals surface area contributed by atoms with E-state index in [9.17, 15) is 19.2 Å². The normalized spacial score (nSPS) is 27.5. The number of fused-ring (bicyclic) bond motifs is 1. The van der Waals surface area contributed by atoms with Gasteiger partial charge in [0.05, 0.1) is 12.2 Å². The number of carbonyl (C=O) groups is 4. The molecule has 0 spiro atoms. The Morgan fingerprint density at radius 3 is 2.50 bits per heavy atom. The molecule has 5 aliphatic rings. The number of rotatable bonds is 10. The first-order valence-corrected chi connectivity index (χ1v) is 15.7. The summed E-state index contributed by atoms with van der Waals surface area (Å²) in [5, 5.41) is 11.8. The number of amides is 3.